The van der Waals surface area contributed by atoms with Gasteiger partial charge >= 0.3 is 23.9 Å². The lowest BCUT2D eigenvalue weighted by Gasteiger charge is -2.59. The summed E-state index contributed by atoms with van der Waals surface area (Å²) in [6, 6.07) is 9.36. The number of rotatable bonds is 6. The van der Waals surface area contributed by atoms with Gasteiger partial charge in [-0.15, -0.1) is 0 Å². The molecule has 238 valence electrons. The lowest BCUT2D eigenvalue weighted by molar-refractivity contribution is -0.198. The molecular weight excluding hydrogens is 564 g/mol. The predicted molar refractivity (Wildman–Crippen MR) is 163 cm³/mol. The van der Waals surface area contributed by atoms with Crippen LogP contribution in [0.15, 0.2) is 59.7 Å². The molecule has 8 unspecified atom stereocenters. The summed E-state index contributed by atoms with van der Waals surface area (Å²) in [7, 11) is 0. The molecule has 0 amide bonds. The van der Waals surface area contributed by atoms with Crippen LogP contribution in [0.3, 0.4) is 0 Å². The molecule has 1 N–H and O–H groups in total. The van der Waals surface area contributed by atoms with Crippen LogP contribution in [0.25, 0.3) is 6.08 Å². The molecule has 1 aromatic carbocycles. The number of aliphatic hydroxyl groups is 1. The third kappa shape index (κ3) is 6.39. The van der Waals surface area contributed by atoms with Crippen molar-refractivity contribution >= 4 is 30.0 Å². The van der Waals surface area contributed by atoms with Gasteiger partial charge in [0.05, 0.1) is 6.10 Å². The van der Waals surface area contributed by atoms with E-state index < -0.39 is 77.1 Å². The molecule has 9 heteroatoms. The summed E-state index contributed by atoms with van der Waals surface area (Å²) in [4.78, 5) is 50.3. The Morgan fingerprint density at radius 2 is 1.52 bits per heavy atom. The Balaban J connectivity index is 1.81. The van der Waals surface area contributed by atoms with Gasteiger partial charge < -0.3 is 24.1 Å². The summed E-state index contributed by atoms with van der Waals surface area (Å²) in [5, 5.41) is 12.3. The lowest BCUT2D eigenvalue weighted by Crippen LogP contribution is -2.63. The van der Waals surface area contributed by atoms with Crippen LogP contribution in [0.5, 0.6) is 0 Å². The molecule has 44 heavy (non-hydrogen) atoms. The zero-order valence-corrected chi connectivity index (χ0v) is 26.6. The third-order valence-electron chi connectivity index (χ3n) is 9.79. The van der Waals surface area contributed by atoms with Gasteiger partial charge in [0.1, 0.15) is 18.3 Å². The second-order valence-corrected chi connectivity index (χ2v) is 13.1. The minimum Gasteiger partial charge on any atom is -0.458 e. The second-order valence-electron chi connectivity index (χ2n) is 13.1. The Morgan fingerprint density at radius 1 is 0.909 bits per heavy atom. The molecule has 8 atom stereocenters. The van der Waals surface area contributed by atoms with Crippen molar-refractivity contribution in [2.45, 2.75) is 98.2 Å². The fourth-order valence-electron chi connectivity index (χ4n) is 7.86. The highest BCUT2D eigenvalue weighted by molar-refractivity contribution is 5.87. The SMILES string of the molecule is C=C1C(OC(=O)/C=C/c2ccccc2)CCC2(C)C(OC(C)=O)C(OC(C)=O)C3=C(C)C(OC(C)=O)CC(C(O)C12)C3(C)C. The van der Waals surface area contributed by atoms with Gasteiger partial charge in [-0.2, -0.15) is 0 Å². The molecule has 2 fully saturated rings. The summed E-state index contributed by atoms with van der Waals surface area (Å²) in [6.07, 6.45) is -0.427. The Morgan fingerprint density at radius 3 is 2.11 bits per heavy atom. The van der Waals surface area contributed by atoms with Crippen molar-refractivity contribution in [1.29, 1.82) is 0 Å². The van der Waals surface area contributed by atoms with Crippen LogP contribution in [0.1, 0.15) is 73.3 Å². The van der Waals surface area contributed by atoms with E-state index in [9.17, 15) is 24.3 Å². The number of benzene rings is 1. The average Bonchev–Trinajstić information content (AvgIpc) is 2.92. The van der Waals surface area contributed by atoms with Gasteiger partial charge in [-0.1, -0.05) is 57.7 Å². The number of carbonyl (C=O) groups is 4. The van der Waals surface area contributed by atoms with E-state index in [-0.39, 0.29) is 0 Å². The third-order valence-corrected chi connectivity index (χ3v) is 9.79. The zero-order valence-electron chi connectivity index (χ0n) is 26.6. The summed E-state index contributed by atoms with van der Waals surface area (Å²) < 4.78 is 23.7. The van der Waals surface area contributed by atoms with Gasteiger partial charge in [0, 0.05) is 38.2 Å². The van der Waals surface area contributed by atoms with Crippen LogP contribution in [0, 0.1) is 22.7 Å². The first kappa shape index (κ1) is 33.2. The summed E-state index contributed by atoms with van der Waals surface area (Å²) >= 11 is 0. The van der Waals surface area contributed by atoms with E-state index in [1.54, 1.807) is 6.08 Å². The molecule has 0 radical (unpaired) electrons. The molecule has 0 aliphatic heterocycles. The molecule has 2 saturated carbocycles. The first-order chi connectivity index (χ1) is 20.6. The van der Waals surface area contributed by atoms with Crippen molar-refractivity contribution < 1.29 is 43.2 Å². The average molecular weight is 609 g/mol. The second kappa shape index (κ2) is 12.7. The molecule has 9 nitrogen and oxygen atoms in total. The fraction of sp³-hybridized carbons (Fsp3) is 0.543. The molecule has 0 heterocycles. The van der Waals surface area contributed by atoms with E-state index in [2.05, 4.69) is 6.58 Å². The monoisotopic (exact) mass is 608 g/mol. The van der Waals surface area contributed by atoms with Crippen LogP contribution < -0.4 is 0 Å². The molecule has 3 aliphatic rings. The maximum absolute atomic E-state index is 12.9. The van der Waals surface area contributed by atoms with Crippen molar-refractivity contribution in [3.63, 3.8) is 0 Å². The zero-order chi connectivity index (χ0) is 32.6. The van der Waals surface area contributed by atoms with Crippen LogP contribution in [-0.2, 0) is 38.1 Å². The maximum Gasteiger partial charge on any atom is 0.331 e. The molecule has 1 aromatic rings. The largest absolute Gasteiger partial charge is 0.458 e. The number of ether oxygens (including phenoxy) is 4. The smallest absolute Gasteiger partial charge is 0.331 e. The molecule has 4 rings (SSSR count). The molecule has 0 spiro atoms. The standard InChI is InChI=1S/C35H44O9/c1-19-26(44-28(39)15-14-24-12-10-9-11-13-24)16-17-35(8)29(19)31(40)25-18-27(41-21(3)36)20(2)30(34(25,6)7)32(42-22(4)37)33(35)43-23(5)38/h9-15,25-27,29,31-33,40H,1,16-18H2,2-8H3/b15-14+. The Bertz CT molecular complexity index is 1370. The Kier molecular flexibility index (Phi) is 9.59. The normalized spacial score (nSPS) is 33.0. The van der Waals surface area contributed by atoms with E-state index in [1.165, 1.54) is 26.8 Å². The number of hydrogen-bond acceptors (Lipinski definition) is 9. The number of aliphatic hydroxyl groups excluding tert-OH is 1. The van der Waals surface area contributed by atoms with Gasteiger partial charge in [-0.05, 0) is 65.9 Å². The quantitative estimate of drug-likeness (QED) is 0.203. The lowest BCUT2D eigenvalue weighted by atomic mass is 9.49. The predicted octanol–water partition coefficient (Wildman–Crippen LogP) is 5.12. The van der Waals surface area contributed by atoms with E-state index in [4.69, 9.17) is 18.9 Å². The molecular formula is C35H44O9. The highest BCUT2D eigenvalue weighted by Gasteiger charge is 2.63. The molecule has 0 aromatic heterocycles. The van der Waals surface area contributed by atoms with Crippen molar-refractivity contribution in [2.24, 2.45) is 22.7 Å². The fourth-order valence-corrected chi connectivity index (χ4v) is 7.86. The highest BCUT2D eigenvalue weighted by Crippen LogP contribution is 2.60. The Labute approximate surface area is 259 Å². The van der Waals surface area contributed by atoms with Gasteiger partial charge in [-0.3, -0.25) is 14.4 Å². The summed E-state index contributed by atoms with van der Waals surface area (Å²) in [5.74, 6) is -3.38. The van der Waals surface area contributed by atoms with Crippen molar-refractivity contribution in [3.05, 3.63) is 65.3 Å². The van der Waals surface area contributed by atoms with Crippen LogP contribution in [-0.4, -0.2) is 59.5 Å². The number of carbonyl (C=O) groups excluding carboxylic acids is 4. The number of fused-ring (bicyclic) bond motifs is 3. The summed E-state index contributed by atoms with van der Waals surface area (Å²) in [5.41, 5.74) is 0.955. The van der Waals surface area contributed by atoms with Crippen LogP contribution in [0.4, 0.5) is 0 Å². The summed E-state index contributed by atoms with van der Waals surface area (Å²) in [6.45, 7) is 15.9. The number of hydrogen-bond donors (Lipinski definition) is 1. The van der Waals surface area contributed by atoms with E-state index in [0.717, 1.165) is 5.56 Å². The van der Waals surface area contributed by atoms with E-state index in [0.29, 0.717) is 36.0 Å². The first-order valence-electron chi connectivity index (χ1n) is 15.1. The molecule has 0 saturated heterocycles. The minimum absolute atomic E-state index is 0.318. The minimum atomic E-state index is -1.05. The van der Waals surface area contributed by atoms with Crippen LogP contribution in [0.2, 0.25) is 0 Å². The van der Waals surface area contributed by atoms with E-state index in [1.807, 2.05) is 58.0 Å². The Hall–Kier alpha value is -3.72. The number of esters is 4. The van der Waals surface area contributed by atoms with Gasteiger partial charge in [0.2, 0.25) is 0 Å². The first-order valence-corrected chi connectivity index (χ1v) is 15.1. The van der Waals surface area contributed by atoms with Gasteiger partial charge in [0.25, 0.3) is 0 Å². The van der Waals surface area contributed by atoms with Gasteiger partial charge in [-0.25, -0.2) is 4.79 Å². The van der Waals surface area contributed by atoms with Crippen molar-refractivity contribution in [3.8, 4) is 0 Å². The highest BCUT2D eigenvalue weighted by atomic mass is 16.6. The van der Waals surface area contributed by atoms with Crippen molar-refractivity contribution in [1.82, 2.24) is 0 Å². The molecule has 3 aliphatic carbocycles. The van der Waals surface area contributed by atoms with E-state index >= 15 is 0 Å². The van der Waals surface area contributed by atoms with Gasteiger partial charge in [0.15, 0.2) is 6.10 Å². The topological polar surface area (TPSA) is 125 Å². The maximum atomic E-state index is 12.9. The molecule has 2 bridgehead atoms. The van der Waals surface area contributed by atoms with Crippen LogP contribution >= 0.6 is 0 Å². The van der Waals surface area contributed by atoms with Crippen molar-refractivity contribution in [2.75, 3.05) is 0 Å².